The first kappa shape index (κ1) is 29.7. The van der Waals surface area contributed by atoms with Gasteiger partial charge in [0.25, 0.3) is 0 Å². The molecular weight excluding hydrogens is 390 g/mol. The van der Waals surface area contributed by atoms with Gasteiger partial charge in [-0.2, -0.15) is 26.3 Å². The third kappa shape index (κ3) is 21.9. The van der Waals surface area contributed by atoms with Crippen LogP contribution in [0.2, 0.25) is 0 Å². The van der Waals surface area contributed by atoms with Crippen molar-refractivity contribution >= 4 is 17.9 Å². The lowest BCUT2D eigenvalue weighted by Gasteiger charge is -2.07. The van der Waals surface area contributed by atoms with E-state index in [1.807, 2.05) is 6.92 Å². The molecule has 0 fully saturated rings. The average Bonchev–Trinajstić information content (AvgIpc) is 2.53. The summed E-state index contributed by atoms with van der Waals surface area (Å²) in [4.78, 5) is 28.8. The summed E-state index contributed by atoms with van der Waals surface area (Å²) in [6.45, 7) is 4.14. The quantitative estimate of drug-likeness (QED) is 0.363. The summed E-state index contributed by atoms with van der Waals surface area (Å²) < 4.78 is 68.1. The van der Waals surface area contributed by atoms with E-state index in [2.05, 4.69) is 11.7 Å². The Hall–Kier alpha value is -2.01. The summed E-state index contributed by atoms with van der Waals surface area (Å²) in [5, 5.41) is 14.2. The number of rotatable bonds is 7. The minimum atomic E-state index is -5.08. The van der Waals surface area contributed by atoms with Gasteiger partial charge < -0.3 is 14.9 Å². The molecular formula is C15H24F6O6. The van der Waals surface area contributed by atoms with Crippen molar-refractivity contribution in [2.75, 3.05) is 7.11 Å². The summed E-state index contributed by atoms with van der Waals surface area (Å²) >= 11 is 0. The number of methoxy groups -OCH3 is 1. The molecule has 12 heteroatoms. The zero-order valence-corrected chi connectivity index (χ0v) is 15.1. The van der Waals surface area contributed by atoms with E-state index in [4.69, 9.17) is 19.8 Å². The van der Waals surface area contributed by atoms with Gasteiger partial charge in [-0.1, -0.05) is 46.0 Å². The molecule has 1 unspecified atom stereocenters. The number of hydrogen-bond donors (Lipinski definition) is 2. The van der Waals surface area contributed by atoms with E-state index in [0.717, 1.165) is 12.8 Å². The highest BCUT2D eigenvalue weighted by Gasteiger charge is 2.38. The van der Waals surface area contributed by atoms with Crippen LogP contribution in [0.3, 0.4) is 0 Å². The Bertz CT molecular complexity index is 409. The Morgan fingerprint density at radius 1 is 0.852 bits per heavy atom. The number of hydrogen-bond acceptors (Lipinski definition) is 4. The molecule has 2 N–H and O–H groups in total. The normalized spacial score (nSPS) is 11.9. The number of carboxylic acid groups (broad SMARTS) is 2. The van der Waals surface area contributed by atoms with Crippen LogP contribution in [0.4, 0.5) is 26.3 Å². The molecule has 1 atom stereocenters. The van der Waals surface area contributed by atoms with E-state index < -0.39 is 24.3 Å². The Morgan fingerprint density at radius 3 is 1.44 bits per heavy atom. The fourth-order valence-electron chi connectivity index (χ4n) is 1.37. The summed E-state index contributed by atoms with van der Waals surface area (Å²) in [5.41, 5.74) is 0. The predicted molar refractivity (Wildman–Crippen MR) is 81.9 cm³/mol. The van der Waals surface area contributed by atoms with Crippen LogP contribution < -0.4 is 0 Å². The highest BCUT2D eigenvalue weighted by molar-refractivity contribution is 5.73. The van der Waals surface area contributed by atoms with Crippen molar-refractivity contribution < 1.29 is 55.7 Å². The van der Waals surface area contributed by atoms with Gasteiger partial charge in [-0.05, 0) is 6.42 Å². The van der Waals surface area contributed by atoms with Crippen molar-refractivity contribution in [3.8, 4) is 0 Å². The van der Waals surface area contributed by atoms with Crippen molar-refractivity contribution in [3.63, 3.8) is 0 Å². The number of halogens is 6. The molecule has 0 aromatic carbocycles. The maximum atomic E-state index is 11.0. The van der Waals surface area contributed by atoms with Gasteiger partial charge in [0.05, 0.1) is 13.0 Å². The first-order valence-corrected chi connectivity index (χ1v) is 7.79. The molecule has 0 aromatic heterocycles. The second kappa shape index (κ2) is 15.1. The van der Waals surface area contributed by atoms with Crippen LogP contribution in [0, 0.1) is 5.92 Å². The Balaban J connectivity index is -0.000000350. The maximum absolute atomic E-state index is 11.0. The average molecular weight is 414 g/mol. The van der Waals surface area contributed by atoms with Crippen molar-refractivity contribution in [1.82, 2.24) is 0 Å². The van der Waals surface area contributed by atoms with Gasteiger partial charge >= 0.3 is 30.3 Å². The van der Waals surface area contributed by atoms with E-state index in [9.17, 15) is 31.1 Å². The molecule has 0 aromatic rings. The highest BCUT2D eigenvalue weighted by Crippen LogP contribution is 2.14. The number of carboxylic acids is 2. The van der Waals surface area contributed by atoms with Gasteiger partial charge in [-0.15, -0.1) is 0 Å². The van der Waals surface area contributed by atoms with Crippen LogP contribution in [0.5, 0.6) is 0 Å². The van der Waals surface area contributed by atoms with Gasteiger partial charge in [0.2, 0.25) is 0 Å². The van der Waals surface area contributed by atoms with Crippen molar-refractivity contribution in [2.45, 2.75) is 64.7 Å². The lowest BCUT2D eigenvalue weighted by Crippen LogP contribution is -2.21. The number of ether oxygens (including phenoxy) is 1. The smallest absolute Gasteiger partial charge is 0.475 e. The Kier molecular flexibility index (Phi) is 16.6. The zero-order chi connectivity index (χ0) is 22.3. The predicted octanol–water partition coefficient (Wildman–Crippen LogP) is 4.42. The van der Waals surface area contributed by atoms with E-state index in [-0.39, 0.29) is 11.9 Å². The van der Waals surface area contributed by atoms with E-state index in [1.54, 1.807) is 0 Å². The monoisotopic (exact) mass is 414 g/mol. The summed E-state index contributed by atoms with van der Waals surface area (Å²) in [6.07, 6.45) is -2.93. The lowest BCUT2D eigenvalue weighted by molar-refractivity contribution is -0.193. The number of aliphatic carboxylic acids is 2. The maximum Gasteiger partial charge on any atom is 0.490 e. The second-order valence-electron chi connectivity index (χ2n) is 5.23. The topological polar surface area (TPSA) is 101 Å². The van der Waals surface area contributed by atoms with E-state index in [0.29, 0.717) is 0 Å². The van der Waals surface area contributed by atoms with Gasteiger partial charge in [-0.3, -0.25) is 4.79 Å². The number of unbranched alkanes of at least 4 members (excludes halogenated alkanes) is 4. The number of carbonyl (C=O) groups excluding carboxylic acids is 1. The molecule has 0 amide bonds. The SMILES string of the molecule is CCCCCCCC(C)C(=O)OC.O=C(O)C(F)(F)F.O=C(O)C(F)(F)F. The third-order valence-electron chi connectivity index (χ3n) is 2.83. The number of esters is 1. The molecule has 0 aliphatic heterocycles. The van der Waals surface area contributed by atoms with Crippen LogP contribution >= 0.6 is 0 Å². The van der Waals surface area contributed by atoms with Crippen LogP contribution in [0.15, 0.2) is 0 Å². The fourth-order valence-corrected chi connectivity index (χ4v) is 1.37. The zero-order valence-electron chi connectivity index (χ0n) is 15.1. The molecule has 0 aliphatic rings. The van der Waals surface area contributed by atoms with E-state index >= 15 is 0 Å². The van der Waals surface area contributed by atoms with E-state index in [1.165, 1.54) is 32.8 Å². The molecule has 0 aliphatic carbocycles. The van der Waals surface area contributed by atoms with Crippen molar-refractivity contribution in [1.29, 1.82) is 0 Å². The molecule has 162 valence electrons. The first-order valence-electron chi connectivity index (χ1n) is 7.79. The van der Waals surface area contributed by atoms with Crippen LogP contribution in [0.1, 0.15) is 52.4 Å². The van der Waals surface area contributed by atoms with Crippen LogP contribution in [0.25, 0.3) is 0 Å². The molecule has 0 saturated carbocycles. The minimum Gasteiger partial charge on any atom is -0.475 e. The molecule has 27 heavy (non-hydrogen) atoms. The number of carbonyl (C=O) groups is 3. The minimum absolute atomic E-state index is 0.0736. The molecule has 0 saturated heterocycles. The highest BCUT2D eigenvalue weighted by atomic mass is 19.4. The summed E-state index contributed by atoms with van der Waals surface area (Å²) in [5.74, 6) is -5.51. The van der Waals surface area contributed by atoms with Crippen LogP contribution in [-0.2, 0) is 19.1 Å². The molecule has 0 bridgehead atoms. The fraction of sp³-hybridized carbons (Fsp3) is 0.800. The molecule has 0 heterocycles. The largest absolute Gasteiger partial charge is 0.490 e. The first-order chi connectivity index (χ1) is 12.1. The summed E-state index contributed by atoms with van der Waals surface area (Å²) in [7, 11) is 1.45. The second-order valence-corrected chi connectivity index (χ2v) is 5.23. The molecule has 0 spiro atoms. The molecule has 0 radical (unpaired) electrons. The summed E-state index contributed by atoms with van der Waals surface area (Å²) in [6, 6.07) is 0. The third-order valence-corrected chi connectivity index (χ3v) is 2.83. The van der Waals surface area contributed by atoms with Crippen molar-refractivity contribution in [3.05, 3.63) is 0 Å². The Morgan fingerprint density at radius 2 is 1.19 bits per heavy atom. The van der Waals surface area contributed by atoms with Gasteiger partial charge in [0.1, 0.15) is 0 Å². The van der Waals surface area contributed by atoms with Crippen molar-refractivity contribution in [2.24, 2.45) is 5.92 Å². The van der Waals surface area contributed by atoms with Gasteiger partial charge in [0.15, 0.2) is 0 Å². The van der Waals surface area contributed by atoms with Crippen LogP contribution in [-0.4, -0.2) is 47.6 Å². The standard InChI is InChI=1S/C11H22O2.2C2HF3O2/c1-4-5-6-7-8-9-10(2)11(12)13-3;2*3-2(4,5)1(6)7/h10H,4-9H2,1-3H3;2*(H,6,7). The Labute approximate surface area is 152 Å². The van der Waals surface area contributed by atoms with Gasteiger partial charge in [-0.25, -0.2) is 9.59 Å². The van der Waals surface area contributed by atoms with Gasteiger partial charge in [0, 0.05) is 0 Å². The molecule has 6 nitrogen and oxygen atoms in total. The lowest BCUT2D eigenvalue weighted by atomic mass is 10.0. The number of alkyl halides is 6. The molecule has 0 rings (SSSR count).